The summed E-state index contributed by atoms with van der Waals surface area (Å²) in [4.78, 5) is 0. The second-order valence-corrected chi connectivity index (χ2v) is 4.80. The number of aryl methyl sites for hydroxylation is 1. The monoisotopic (exact) mass is 300 g/mol. The summed E-state index contributed by atoms with van der Waals surface area (Å²) in [6, 6.07) is 5.68. The zero-order chi connectivity index (χ0) is 14.9. The number of hydrogen-bond acceptors (Lipinski definition) is 2. The Bertz CT molecular complexity index is 647. The average Bonchev–Trinajstić information content (AvgIpc) is 2.41. The summed E-state index contributed by atoms with van der Waals surface area (Å²) in [6.45, 7) is 1.44. The largest absolute Gasteiger partial charge is 0.271 e. The van der Waals surface area contributed by atoms with E-state index in [1.807, 2.05) is 0 Å². The second-order valence-electron chi connectivity index (χ2n) is 4.37. The second kappa shape index (κ2) is 5.83. The number of rotatable bonds is 3. The van der Waals surface area contributed by atoms with E-state index in [-0.39, 0.29) is 21.7 Å². The summed E-state index contributed by atoms with van der Waals surface area (Å²) in [5.74, 6) is 2.68. The van der Waals surface area contributed by atoms with Crippen LogP contribution >= 0.6 is 11.6 Å². The van der Waals surface area contributed by atoms with E-state index in [4.69, 9.17) is 17.4 Å². The van der Waals surface area contributed by atoms with Gasteiger partial charge in [-0.1, -0.05) is 29.8 Å². The van der Waals surface area contributed by atoms with E-state index in [0.717, 1.165) is 6.07 Å². The van der Waals surface area contributed by atoms with Crippen molar-refractivity contribution < 1.29 is 13.2 Å². The maximum absolute atomic E-state index is 14.0. The fraction of sp³-hybridized carbons (Fsp3) is 0.143. The van der Waals surface area contributed by atoms with Crippen LogP contribution in [0.4, 0.5) is 13.2 Å². The van der Waals surface area contributed by atoms with Gasteiger partial charge >= 0.3 is 0 Å². The van der Waals surface area contributed by atoms with Crippen molar-refractivity contribution in [3.63, 3.8) is 0 Å². The third-order valence-electron chi connectivity index (χ3n) is 3.06. The van der Waals surface area contributed by atoms with Crippen LogP contribution in [0.15, 0.2) is 30.3 Å². The van der Waals surface area contributed by atoms with Crippen LogP contribution in [0.3, 0.4) is 0 Å². The number of benzene rings is 2. The number of hydrogen-bond donors (Lipinski definition) is 2. The number of halogens is 4. The maximum atomic E-state index is 14.0. The summed E-state index contributed by atoms with van der Waals surface area (Å²) in [7, 11) is 0. The smallest absolute Gasteiger partial charge is 0.164 e. The Balaban J connectivity index is 2.55. The van der Waals surface area contributed by atoms with E-state index < -0.39 is 23.5 Å². The quantitative estimate of drug-likeness (QED) is 0.671. The molecular formula is C14H12ClF3N2. The van der Waals surface area contributed by atoms with Crippen LogP contribution in [-0.4, -0.2) is 0 Å². The van der Waals surface area contributed by atoms with E-state index in [2.05, 4.69) is 5.43 Å². The highest BCUT2D eigenvalue weighted by molar-refractivity contribution is 6.30. The van der Waals surface area contributed by atoms with E-state index in [1.54, 1.807) is 0 Å². The molecule has 106 valence electrons. The van der Waals surface area contributed by atoms with Gasteiger partial charge in [-0.25, -0.2) is 18.6 Å². The Morgan fingerprint density at radius 2 is 1.70 bits per heavy atom. The van der Waals surface area contributed by atoms with E-state index in [0.29, 0.717) is 0 Å². The van der Waals surface area contributed by atoms with Crippen LogP contribution < -0.4 is 11.3 Å². The van der Waals surface area contributed by atoms with Crippen LogP contribution in [0.5, 0.6) is 0 Å². The molecule has 2 aromatic carbocycles. The van der Waals surface area contributed by atoms with Crippen molar-refractivity contribution in [3.05, 3.63) is 69.5 Å². The van der Waals surface area contributed by atoms with Crippen molar-refractivity contribution >= 4 is 11.6 Å². The van der Waals surface area contributed by atoms with Gasteiger partial charge in [-0.3, -0.25) is 5.84 Å². The van der Waals surface area contributed by atoms with Crippen LogP contribution in [0, 0.1) is 24.4 Å². The molecule has 20 heavy (non-hydrogen) atoms. The molecule has 1 atom stereocenters. The van der Waals surface area contributed by atoms with Gasteiger partial charge in [0.1, 0.15) is 5.82 Å². The van der Waals surface area contributed by atoms with Crippen molar-refractivity contribution in [2.45, 2.75) is 13.0 Å². The lowest BCUT2D eigenvalue weighted by Gasteiger charge is -2.19. The minimum Gasteiger partial charge on any atom is -0.271 e. The van der Waals surface area contributed by atoms with Crippen molar-refractivity contribution in [2.75, 3.05) is 0 Å². The molecule has 0 saturated carbocycles. The molecule has 2 nitrogen and oxygen atoms in total. The molecule has 0 aliphatic heterocycles. The Morgan fingerprint density at radius 1 is 1.05 bits per heavy atom. The Hall–Kier alpha value is -1.56. The fourth-order valence-corrected chi connectivity index (χ4v) is 2.13. The van der Waals surface area contributed by atoms with Crippen LogP contribution in [0.2, 0.25) is 5.02 Å². The summed E-state index contributed by atoms with van der Waals surface area (Å²) >= 11 is 5.66. The molecule has 0 aromatic heterocycles. The van der Waals surface area contributed by atoms with Gasteiger partial charge in [0.25, 0.3) is 0 Å². The van der Waals surface area contributed by atoms with Gasteiger partial charge in [0.2, 0.25) is 0 Å². The minimum atomic E-state index is -1.05. The Kier molecular flexibility index (Phi) is 4.32. The normalized spacial score (nSPS) is 12.5. The summed E-state index contributed by atoms with van der Waals surface area (Å²) in [5.41, 5.74) is 2.47. The first-order valence-electron chi connectivity index (χ1n) is 5.81. The number of hydrazine groups is 1. The predicted molar refractivity (Wildman–Crippen MR) is 71.7 cm³/mol. The molecule has 0 heterocycles. The molecule has 0 saturated heterocycles. The van der Waals surface area contributed by atoms with Crippen molar-refractivity contribution in [1.82, 2.24) is 5.43 Å². The molecule has 2 rings (SSSR count). The molecule has 0 spiro atoms. The fourth-order valence-electron chi connectivity index (χ4n) is 1.97. The van der Waals surface area contributed by atoms with Gasteiger partial charge in [0.05, 0.1) is 6.04 Å². The van der Waals surface area contributed by atoms with E-state index in [9.17, 15) is 13.2 Å². The molecule has 6 heteroatoms. The number of nitrogens with two attached hydrogens (primary N) is 1. The highest BCUT2D eigenvalue weighted by atomic mass is 35.5. The van der Waals surface area contributed by atoms with Crippen molar-refractivity contribution in [1.29, 1.82) is 0 Å². The molecule has 1 unspecified atom stereocenters. The summed E-state index contributed by atoms with van der Waals surface area (Å²) in [5, 5.41) is 0.206. The lowest BCUT2D eigenvalue weighted by Crippen LogP contribution is -2.30. The molecular weight excluding hydrogens is 289 g/mol. The zero-order valence-corrected chi connectivity index (χ0v) is 11.3. The van der Waals surface area contributed by atoms with Gasteiger partial charge < -0.3 is 0 Å². The summed E-state index contributed by atoms with van der Waals surface area (Å²) < 4.78 is 41.5. The third-order valence-corrected chi connectivity index (χ3v) is 3.29. The van der Waals surface area contributed by atoms with Crippen LogP contribution in [-0.2, 0) is 0 Å². The van der Waals surface area contributed by atoms with Crippen molar-refractivity contribution in [3.8, 4) is 0 Å². The average molecular weight is 301 g/mol. The first-order valence-corrected chi connectivity index (χ1v) is 6.19. The highest BCUT2D eigenvalue weighted by Crippen LogP contribution is 2.29. The molecule has 0 bridgehead atoms. The SMILES string of the molecule is Cc1ccc(C(NN)c2ccc(Cl)cc2F)c(F)c1F. The maximum Gasteiger partial charge on any atom is 0.164 e. The van der Waals surface area contributed by atoms with Crippen LogP contribution in [0.1, 0.15) is 22.7 Å². The molecule has 0 aliphatic carbocycles. The molecule has 3 N–H and O–H groups in total. The first-order chi connectivity index (χ1) is 9.45. The third kappa shape index (κ3) is 2.65. The Labute approximate surface area is 119 Å². The lowest BCUT2D eigenvalue weighted by atomic mass is 9.97. The van der Waals surface area contributed by atoms with Gasteiger partial charge in [-0.2, -0.15) is 0 Å². The first kappa shape index (κ1) is 14.8. The van der Waals surface area contributed by atoms with E-state index >= 15 is 0 Å². The van der Waals surface area contributed by atoms with Gasteiger partial charge in [-0.15, -0.1) is 0 Å². The number of nitrogens with one attached hydrogen (secondary N) is 1. The Morgan fingerprint density at radius 3 is 2.30 bits per heavy atom. The van der Waals surface area contributed by atoms with Gasteiger partial charge in [0, 0.05) is 16.1 Å². The topological polar surface area (TPSA) is 38.0 Å². The minimum absolute atomic E-state index is 0.0724. The molecule has 0 aliphatic rings. The zero-order valence-electron chi connectivity index (χ0n) is 10.6. The highest BCUT2D eigenvalue weighted by Gasteiger charge is 2.22. The molecule has 0 radical (unpaired) electrons. The molecule has 0 fully saturated rings. The van der Waals surface area contributed by atoms with Gasteiger partial charge in [0.15, 0.2) is 11.6 Å². The van der Waals surface area contributed by atoms with Crippen molar-refractivity contribution in [2.24, 2.45) is 5.84 Å². The standard InChI is InChI=1S/C14H12ClF3N2/c1-7-2-4-10(13(18)12(7)17)14(20-19)9-5-3-8(15)6-11(9)16/h2-6,14,20H,19H2,1H3. The van der Waals surface area contributed by atoms with Gasteiger partial charge in [-0.05, 0) is 24.6 Å². The van der Waals surface area contributed by atoms with Crippen LogP contribution in [0.25, 0.3) is 0 Å². The molecule has 0 amide bonds. The molecule has 2 aromatic rings. The predicted octanol–water partition coefficient (Wildman–Crippen LogP) is 3.62. The van der Waals surface area contributed by atoms with E-state index in [1.165, 1.54) is 31.2 Å². The lowest BCUT2D eigenvalue weighted by molar-refractivity contribution is 0.473. The summed E-state index contributed by atoms with van der Waals surface area (Å²) in [6.07, 6.45) is 0.